The Bertz CT molecular complexity index is 530. The van der Waals surface area contributed by atoms with Crippen molar-refractivity contribution in [3.05, 3.63) is 29.8 Å². The van der Waals surface area contributed by atoms with E-state index >= 15 is 0 Å². The van der Waals surface area contributed by atoms with Gasteiger partial charge in [0.25, 0.3) is 5.91 Å². The lowest BCUT2D eigenvalue weighted by atomic mass is 10.2. The molecule has 0 saturated carbocycles. The van der Waals surface area contributed by atoms with E-state index in [2.05, 4.69) is 10.6 Å². The second-order valence-electron chi connectivity index (χ2n) is 4.46. The fourth-order valence-corrected chi connectivity index (χ4v) is 1.74. The van der Waals surface area contributed by atoms with E-state index in [1.165, 1.54) is 0 Å². The molecule has 0 aliphatic carbocycles. The monoisotopic (exact) mass is 308 g/mol. The smallest absolute Gasteiger partial charge is 0.322 e. The highest BCUT2D eigenvalue weighted by Crippen LogP contribution is 2.17. The van der Waals surface area contributed by atoms with Gasteiger partial charge in [-0.25, -0.2) is 0 Å². The molecule has 120 valence electrons. The van der Waals surface area contributed by atoms with Crippen molar-refractivity contribution in [1.29, 1.82) is 0 Å². The van der Waals surface area contributed by atoms with Crippen molar-refractivity contribution in [2.24, 2.45) is 0 Å². The summed E-state index contributed by atoms with van der Waals surface area (Å²) < 4.78 is 5.38. The number of rotatable bonds is 9. The molecule has 7 heteroatoms. The van der Waals surface area contributed by atoms with Crippen molar-refractivity contribution in [3.8, 4) is 5.75 Å². The lowest BCUT2D eigenvalue weighted by Gasteiger charge is -2.10. The van der Waals surface area contributed by atoms with Crippen LogP contribution in [-0.2, 0) is 9.59 Å². The average Bonchev–Trinajstić information content (AvgIpc) is 2.50. The SMILES string of the molecule is CCOc1ccccc1C(=O)NCCCC(=O)NCC(=O)O. The molecule has 0 heterocycles. The summed E-state index contributed by atoms with van der Waals surface area (Å²) in [5, 5.41) is 13.4. The average molecular weight is 308 g/mol. The first kappa shape index (κ1) is 17.5. The number of carbonyl (C=O) groups is 3. The molecule has 0 fully saturated rings. The first-order valence-corrected chi connectivity index (χ1v) is 7.03. The van der Waals surface area contributed by atoms with Crippen LogP contribution in [0.1, 0.15) is 30.1 Å². The predicted molar refractivity (Wildman–Crippen MR) is 79.8 cm³/mol. The van der Waals surface area contributed by atoms with Crippen LogP contribution in [0.15, 0.2) is 24.3 Å². The molecular weight excluding hydrogens is 288 g/mol. The number of amides is 2. The number of nitrogens with one attached hydrogen (secondary N) is 2. The molecule has 3 N–H and O–H groups in total. The minimum Gasteiger partial charge on any atom is -0.493 e. The van der Waals surface area contributed by atoms with Crippen molar-refractivity contribution in [3.63, 3.8) is 0 Å². The normalized spacial score (nSPS) is 9.86. The third-order valence-corrected chi connectivity index (χ3v) is 2.73. The van der Waals surface area contributed by atoms with Crippen LogP contribution in [0.25, 0.3) is 0 Å². The molecule has 0 radical (unpaired) electrons. The molecule has 1 rings (SSSR count). The van der Waals surface area contributed by atoms with Crippen LogP contribution in [0, 0.1) is 0 Å². The zero-order valence-electron chi connectivity index (χ0n) is 12.4. The van der Waals surface area contributed by atoms with Gasteiger partial charge in [0.2, 0.25) is 5.91 Å². The summed E-state index contributed by atoms with van der Waals surface area (Å²) in [6.07, 6.45) is 0.578. The summed E-state index contributed by atoms with van der Waals surface area (Å²) >= 11 is 0. The van der Waals surface area contributed by atoms with Crippen molar-refractivity contribution in [1.82, 2.24) is 10.6 Å². The predicted octanol–water partition coefficient (Wildman–Crippen LogP) is 0.796. The van der Waals surface area contributed by atoms with Gasteiger partial charge in [-0.3, -0.25) is 14.4 Å². The minimum absolute atomic E-state index is 0.153. The molecule has 0 saturated heterocycles. The lowest BCUT2D eigenvalue weighted by molar-refractivity contribution is -0.137. The maximum absolute atomic E-state index is 12.0. The van der Waals surface area contributed by atoms with E-state index in [-0.39, 0.29) is 18.2 Å². The molecule has 0 aliphatic rings. The Hall–Kier alpha value is -2.57. The number of carboxylic acids is 1. The molecule has 0 unspecified atom stereocenters. The minimum atomic E-state index is -1.09. The maximum Gasteiger partial charge on any atom is 0.322 e. The fraction of sp³-hybridized carbons (Fsp3) is 0.400. The number of hydrogen-bond donors (Lipinski definition) is 3. The summed E-state index contributed by atoms with van der Waals surface area (Å²) in [4.78, 5) is 33.6. The van der Waals surface area contributed by atoms with Gasteiger partial charge in [0.15, 0.2) is 0 Å². The molecule has 0 bridgehead atoms. The van der Waals surface area contributed by atoms with E-state index in [0.29, 0.717) is 30.9 Å². The Balaban J connectivity index is 2.35. The second-order valence-corrected chi connectivity index (χ2v) is 4.46. The van der Waals surface area contributed by atoms with Crippen molar-refractivity contribution < 1.29 is 24.2 Å². The number of ether oxygens (including phenoxy) is 1. The number of benzene rings is 1. The van der Waals surface area contributed by atoms with Crippen LogP contribution in [0.5, 0.6) is 5.75 Å². The highest BCUT2D eigenvalue weighted by atomic mass is 16.5. The number of carboxylic acid groups (broad SMARTS) is 1. The highest BCUT2D eigenvalue weighted by molar-refractivity contribution is 5.96. The van der Waals surface area contributed by atoms with E-state index in [4.69, 9.17) is 9.84 Å². The highest BCUT2D eigenvalue weighted by Gasteiger charge is 2.11. The Morgan fingerprint density at radius 1 is 1.18 bits per heavy atom. The molecule has 1 aromatic carbocycles. The van der Waals surface area contributed by atoms with Crippen LogP contribution in [0.4, 0.5) is 0 Å². The number of para-hydroxylation sites is 1. The summed E-state index contributed by atoms with van der Waals surface area (Å²) in [6.45, 7) is 2.23. The van der Waals surface area contributed by atoms with Gasteiger partial charge in [-0.1, -0.05) is 12.1 Å². The van der Waals surface area contributed by atoms with Gasteiger partial charge < -0.3 is 20.5 Å². The van der Waals surface area contributed by atoms with Crippen LogP contribution in [0.2, 0.25) is 0 Å². The first-order valence-electron chi connectivity index (χ1n) is 7.03. The van der Waals surface area contributed by atoms with E-state index in [1.807, 2.05) is 6.92 Å². The van der Waals surface area contributed by atoms with Crippen LogP contribution in [0.3, 0.4) is 0 Å². The van der Waals surface area contributed by atoms with Crippen LogP contribution >= 0.6 is 0 Å². The molecule has 1 aromatic rings. The standard InChI is InChI=1S/C15H20N2O5/c1-2-22-12-7-4-3-6-11(12)15(21)16-9-5-8-13(18)17-10-14(19)20/h3-4,6-7H,2,5,8-10H2,1H3,(H,16,21)(H,17,18)(H,19,20). The number of carbonyl (C=O) groups excluding carboxylic acids is 2. The van der Waals surface area contributed by atoms with Gasteiger partial charge in [0.05, 0.1) is 12.2 Å². The Kier molecular flexibility index (Phi) is 7.45. The van der Waals surface area contributed by atoms with Crippen LogP contribution < -0.4 is 15.4 Å². The Morgan fingerprint density at radius 3 is 2.59 bits per heavy atom. The van der Waals surface area contributed by atoms with Gasteiger partial charge >= 0.3 is 5.97 Å². The quantitative estimate of drug-likeness (QED) is 0.585. The van der Waals surface area contributed by atoms with Gasteiger partial charge in [-0.2, -0.15) is 0 Å². The maximum atomic E-state index is 12.0. The molecule has 0 aliphatic heterocycles. The summed E-state index contributed by atoms with van der Waals surface area (Å²) in [7, 11) is 0. The van der Waals surface area contributed by atoms with E-state index in [1.54, 1.807) is 24.3 Å². The zero-order chi connectivity index (χ0) is 16.4. The molecule has 22 heavy (non-hydrogen) atoms. The first-order chi connectivity index (χ1) is 10.5. The Morgan fingerprint density at radius 2 is 1.91 bits per heavy atom. The largest absolute Gasteiger partial charge is 0.493 e. The molecule has 2 amide bonds. The Labute approximate surface area is 128 Å². The second kappa shape index (κ2) is 9.38. The zero-order valence-corrected chi connectivity index (χ0v) is 12.4. The molecule has 0 atom stereocenters. The van der Waals surface area contributed by atoms with E-state index in [0.717, 1.165) is 0 Å². The lowest BCUT2D eigenvalue weighted by Crippen LogP contribution is -2.30. The summed E-state index contributed by atoms with van der Waals surface area (Å²) in [5.74, 6) is -1.20. The van der Waals surface area contributed by atoms with Gasteiger partial charge in [0, 0.05) is 13.0 Å². The third kappa shape index (κ3) is 6.25. The third-order valence-electron chi connectivity index (χ3n) is 2.73. The molecular formula is C15H20N2O5. The number of hydrogen-bond acceptors (Lipinski definition) is 4. The molecule has 7 nitrogen and oxygen atoms in total. The van der Waals surface area contributed by atoms with Gasteiger partial charge in [0.1, 0.15) is 12.3 Å². The molecule has 0 spiro atoms. The fourth-order valence-electron chi connectivity index (χ4n) is 1.74. The van der Waals surface area contributed by atoms with E-state index in [9.17, 15) is 14.4 Å². The van der Waals surface area contributed by atoms with Gasteiger partial charge in [-0.05, 0) is 25.5 Å². The van der Waals surface area contributed by atoms with Crippen LogP contribution in [-0.4, -0.2) is 42.6 Å². The number of aliphatic carboxylic acids is 1. The van der Waals surface area contributed by atoms with Crippen molar-refractivity contribution >= 4 is 17.8 Å². The van der Waals surface area contributed by atoms with Crippen molar-refractivity contribution in [2.75, 3.05) is 19.7 Å². The molecule has 0 aromatic heterocycles. The topological polar surface area (TPSA) is 105 Å². The van der Waals surface area contributed by atoms with Crippen molar-refractivity contribution in [2.45, 2.75) is 19.8 Å². The summed E-state index contributed by atoms with van der Waals surface area (Å²) in [6, 6.07) is 6.92. The van der Waals surface area contributed by atoms with Gasteiger partial charge in [-0.15, -0.1) is 0 Å². The summed E-state index contributed by atoms with van der Waals surface area (Å²) in [5.41, 5.74) is 0.444. The van der Waals surface area contributed by atoms with E-state index < -0.39 is 12.5 Å².